The first-order chi connectivity index (χ1) is 7.43. The third-order valence-electron chi connectivity index (χ3n) is 2.33. The quantitative estimate of drug-likeness (QED) is 0.321. The van der Waals surface area contributed by atoms with Gasteiger partial charge >= 0.3 is 11.9 Å². The van der Waals surface area contributed by atoms with E-state index >= 15 is 0 Å². The summed E-state index contributed by atoms with van der Waals surface area (Å²) in [5.41, 5.74) is 0. The van der Waals surface area contributed by atoms with Crippen LogP contribution in [0.15, 0.2) is 12.2 Å². The van der Waals surface area contributed by atoms with Crippen LogP contribution in [0.3, 0.4) is 0 Å². The lowest BCUT2D eigenvalue weighted by atomic mass is 9.87. The van der Waals surface area contributed by atoms with Crippen molar-refractivity contribution in [2.24, 2.45) is 5.92 Å². The van der Waals surface area contributed by atoms with Crippen molar-refractivity contribution < 1.29 is 24.4 Å². The predicted octanol–water partition coefficient (Wildman–Crippen LogP) is 0.224. The van der Waals surface area contributed by atoms with Crippen molar-refractivity contribution in [1.29, 1.82) is 0 Å². The molecule has 0 saturated carbocycles. The summed E-state index contributed by atoms with van der Waals surface area (Å²) in [6, 6.07) is -1.42. The van der Waals surface area contributed by atoms with Crippen molar-refractivity contribution in [3.63, 3.8) is 0 Å². The van der Waals surface area contributed by atoms with E-state index in [-0.39, 0.29) is 6.42 Å². The van der Waals surface area contributed by atoms with Crippen molar-refractivity contribution >= 4 is 11.9 Å². The Bertz CT molecular complexity index is 350. The standard InChI is InChI=1S/C9H11NO6/c1-5(11)16-7-4-2-3-6(9(12)13)8(7)10(14)15/h2,4,6-8H,3H2,1H3,(H,12,13)/t6-,7-,8+/m1/s1. The summed E-state index contributed by atoms with van der Waals surface area (Å²) in [5.74, 6) is -3.10. The lowest BCUT2D eigenvalue weighted by Gasteiger charge is -2.25. The first-order valence-electron chi connectivity index (χ1n) is 4.63. The molecule has 1 aliphatic carbocycles. The van der Waals surface area contributed by atoms with Crippen LogP contribution in [0.5, 0.6) is 0 Å². The average Bonchev–Trinajstić information content (AvgIpc) is 2.15. The highest BCUT2D eigenvalue weighted by molar-refractivity contribution is 5.72. The normalized spacial score (nSPS) is 28.4. The summed E-state index contributed by atoms with van der Waals surface area (Å²) >= 11 is 0. The maximum Gasteiger partial charge on any atom is 0.314 e. The van der Waals surface area contributed by atoms with Gasteiger partial charge in [-0.15, -0.1) is 0 Å². The molecule has 7 heteroatoms. The maximum absolute atomic E-state index is 10.8. The van der Waals surface area contributed by atoms with Crippen LogP contribution in [0, 0.1) is 16.0 Å². The number of hydrogen-bond donors (Lipinski definition) is 1. The number of nitrogens with zero attached hydrogens (tertiary/aromatic N) is 1. The molecule has 0 aromatic heterocycles. The molecule has 0 unspecified atom stereocenters. The van der Waals surface area contributed by atoms with E-state index in [0.717, 1.165) is 6.92 Å². The summed E-state index contributed by atoms with van der Waals surface area (Å²) in [6.45, 7) is 1.12. The largest absolute Gasteiger partial charge is 0.481 e. The molecular weight excluding hydrogens is 218 g/mol. The van der Waals surface area contributed by atoms with E-state index in [2.05, 4.69) is 0 Å². The Morgan fingerprint density at radius 1 is 1.56 bits per heavy atom. The summed E-state index contributed by atoms with van der Waals surface area (Å²) in [6.07, 6.45) is 1.79. The fraction of sp³-hybridized carbons (Fsp3) is 0.556. The van der Waals surface area contributed by atoms with Gasteiger partial charge in [0, 0.05) is 11.8 Å². The van der Waals surface area contributed by atoms with Crippen molar-refractivity contribution in [3.05, 3.63) is 22.3 Å². The third-order valence-corrected chi connectivity index (χ3v) is 2.33. The number of ether oxygens (including phenoxy) is 1. The molecule has 1 rings (SSSR count). The second kappa shape index (κ2) is 4.73. The van der Waals surface area contributed by atoms with Crippen LogP contribution in [0.2, 0.25) is 0 Å². The topological polar surface area (TPSA) is 107 Å². The molecule has 0 heterocycles. The maximum atomic E-state index is 10.8. The number of hydrogen-bond acceptors (Lipinski definition) is 5. The number of allylic oxidation sites excluding steroid dienone is 1. The molecule has 0 spiro atoms. The Labute approximate surface area is 90.8 Å². The van der Waals surface area contributed by atoms with E-state index in [1.54, 1.807) is 0 Å². The number of aliphatic carboxylic acids is 1. The van der Waals surface area contributed by atoms with E-state index in [1.807, 2.05) is 0 Å². The molecule has 1 aliphatic rings. The third kappa shape index (κ3) is 2.56. The van der Waals surface area contributed by atoms with Gasteiger partial charge in [-0.2, -0.15) is 0 Å². The number of carbonyl (C=O) groups is 2. The highest BCUT2D eigenvalue weighted by Crippen LogP contribution is 2.24. The molecule has 16 heavy (non-hydrogen) atoms. The number of carboxylic acid groups (broad SMARTS) is 1. The Morgan fingerprint density at radius 3 is 2.62 bits per heavy atom. The lowest BCUT2D eigenvalue weighted by molar-refractivity contribution is -0.539. The van der Waals surface area contributed by atoms with Gasteiger partial charge in [0.1, 0.15) is 5.92 Å². The molecule has 88 valence electrons. The van der Waals surface area contributed by atoms with Crippen LogP contribution < -0.4 is 0 Å². The second-order valence-electron chi connectivity index (χ2n) is 3.46. The van der Waals surface area contributed by atoms with Gasteiger partial charge in [-0.3, -0.25) is 19.7 Å². The van der Waals surface area contributed by atoms with Crippen LogP contribution in [0.25, 0.3) is 0 Å². The Kier molecular flexibility index (Phi) is 3.60. The summed E-state index contributed by atoms with van der Waals surface area (Å²) in [7, 11) is 0. The fourth-order valence-electron chi connectivity index (χ4n) is 1.66. The predicted molar refractivity (Wildman–Crippen MR) is 51.2 cm³/mol. The Morgan fingerprint density at radius 2 is 2.19 bits per heavy atom. The van der Waals surface area contributed by atoms with Crippen LogP contribution in [0.1, 0.15) is 13.3 Å². The van der Waals surface area contributed by atoms with Gasteiger partial charge in [-0.1, -0.05) is 6.08 Å². The van der Waals surface area contributed by atoms with Gasteiger partial charge < -0.3 is 9.84 Å². The van der Waals surface area contributed by atoms with Crippen molar-refractivity contribution in [1.82, 2.24) is 0 Å². The number of carbonyl (C=O) groups excluding carboxylic acids is 1. The van der Waals surface area contributed by atoms with Crippen LogP contribution in [0.4, 0.5) is 0 Å². The van der Waals surface area contributed by atoms with Gasteiger partial charge in [0.15, 0.2) is 6.10 Å². The highest BCUT2D eigenvalue weighted by atomic mass is 16.6. The first kappa shape index (κ1) is 12.2. The van der Waals surface area contributed by atoms with Crippen molar-refractivity contribution in [3.8, 4) is 0 Å². The molecule has 3 atom stereocenters. The molecule has 0 fully saturated rings. The van der Waals surface area contributed by atoms with Gasteiger partial charge in [0.25, 0.3) is 6.04 Å². The zero-order valence-corrected chi connectivity index (χ0v) is 8.53. The van der Waals surface area contributed by atoms with E-state index < -0.39 is 34.9 Å². The summed E-state index contributed by atoms with van der Waals surface area (Å²) in [5, 5.41) is 19.6. The fourth-order valence-corrected chi connectivity index (χ4v) is 1.66. The average molecular weight is 229 g/mol. The first-order valence-corrected chi connectivity index (χ1v) is 4.63. The van der Waals surface area contributed by atoms with Crippen LogP contribution >= 0.6 is 0 Å². The van der Waals surface area contributed by atoms with E-state index in [9.17, 15) is 19.7 Å². The molecule has 0 saturated heterocycles. The van der Waals surface area contributed by atoms with Gasteiger partial charge in [-0.05, 0) is 12.5 Å². The molecule has 0 amide bonds. The van der Waals surface area contributed by atoms with Crippen molar-refractivity contribution in [2.45, 2.75) is 25.5 Å². The molecule has 0 bridgehead atoms. The zero-order valence-electron chi connectivity index (χ0n) is 8.53. The number of carboxylic acids is 1. The highest BCUT2D eigenvalue weighted by Gasteiger charge is 2.45. The SMILES string of the molecule is CC(=O)O[C@@H]1C=CC[C@@H](C(=O)O)[C@@H]1[N+](=O)[O-]. The van der Waals surface area contributed by atoms with E-state index in [1.165, 1.54) is 12.2 Å². The minimum Gasteiger partial charge on any atom is -0.481 e. The van der Waals surface area contributed by atoms with Gasteiger partial charge in [-0.25, -0.2) is 0 Å². The van der Waals surface area contributed by atoms with E-state index in [4.69, 9.17) is 9.84 Å². The van der Waals surface area contributed by atoms with Crippen LogP contribution in [-0.4, -0.2) is 34.1 Å². The Balaban J connectivity index is 2.94. The van der Waals surface area contributed by atoms with Gasteiger partial charge in [0.05, 0.1) is 0 Å². The molecule has 1 N–H and O–H groups in total. The molecule has 0 radical (unpaired) electrons. The number of esters is 1. The summed E-state index contributed by atoms with van der Waals surface area (Å²) in [4.78, 5) is 31.6. The molecule has 7 nitrogen and oxygen atoms in total. The van der Waals surface area contributed by atoms with Crippen LogP contribution in [-0.2, 0) is 14.3 Å². The zero-order chi connectivity index (χ0) is 12.3. The molecule has 0 aromatic carbocycles. The number of nitro groups is 1. The van der Waals surface area contributed by atoms with Gasteiger partial charge in [0.2, 0.25) is 0 Å². The van der Waals surface area contributed by atoms with E-state index in [0.29, 0.717) is 0 Å². The smallest absolute Gasteiger partial charge is 0.314 e. The number of rotatable bonds is 3. The monoisotopic (exact) mass is 229 g/mol. The minimum atomic E-state index is -1.42. The summed E-state index contributed by atoms with van der Waals surface area (Å²) < 4.78 is 4.71. The van der Waals surface area contributed by atoms with Crippen molar-refractivity contribution in [2.75, 3.05) is 0 Å². The molecular formula is C9H11NO6. The molecule has 0 aromatic rings. The lowest BCUT2D eigenvalue weighted by Crippen LogP contribution is -2.46. The molecule has 0 aliphatic heterocycles. The minimum absolute atomic E-state index is 0.0682. The Hall–Kier alpha value is -1.92. The second-order valence-corrected chi connectivity index (χ2v) is 3.46.